The summed E-state index contributed by atoms with van der Waals surface area (Å²) in [6.45, 7) is -0.808. The van der Waals surface area contributed by atoms with E-state index in [0.29, 0.717) is 0 Å². The van der Waals surface area contributed by atoms with Gasteiger partial charge in [-0.3, -0.25) is 14.3 Å². The molecule has 2 rings (SSSR count). The predicted molar refractivity (Wildman–Crippen MR) is 60.8 cm³/mol. The minimum atomic E-state index is -5.26. The fourth-order valence-corrected chi connectivity index (χ4v) is 2.22. The van der Waals surface area contributed by atoms with Gasteiger partial charge in [-0.15, -0.1) is 0 Å². The van der Waals surface area contributed by atoms with Crippen LogP contribution in [0.4, 0.5) is 0 Å². The van der Waals surface area contributed by atoms with Crippen LogP contribution in [0.2, 0.25) is 0 Å². The van der Waals surface area contributed by atoms with Crippen molar-refractivity contribution in [2.75, 3.05) is 6.61 Å². The van der Waals surface area contributed by atoms with Crippen molar-refractivity contribution in [3.63, 3.8) is 0 Å². The number of hydrogen-bond donors (Lipinski definition) is 3. The third-order valence-corrected chi connectivity index (χ3v) is 3.32. The van der Waals surface area contributed by atoms with Crippen molar-refractivity contribution < 1.29 is 92.9 Å². The zero-order valence-electron chi connectivity index (χ0n) is 12.3. The Balaban J connectivity index is 0.00000242. The number of H-pyrrole nitrogens is 1. The molecule has 0 bridgehead atoms. The van der Waals surface area contributed by atoms with E-state index in [1.807, 2.05) is 4.98 Å². The molecule has 1 aliphatic heterocycles. The van der Waals surface area contributed by atoms with E-state index >= 15 is 0 Å². The van der Waals surface area contributed by atoms with Gasteiger partial charge in [0.05, 0.1) is 14.4 Å². The van der Waals surface area contributed by atoms with E-state index in [9.17, 15) is 34.2 Å². The van der Waals surface area contributed by atoms with Gasteiger partial charge >= 0.3 is 64.8 Å². The van der Waals surface area contributed by atoms with E-state index in [4.69, 9.17) is 4.74 Å². The van der Waals surface area contributed by atoms with Crippen LogP contribution in [0, 0.1) is 0 Å². The largest absolute Gasteiger partial charge is 1.00 e. The van der Waals surface area contributed by atoms with Gasteiger partial charge in [-0.1, -0.05) is 0 Å². The molecule has 0 unspecified atom stereocenters. The average Bonchev–Trinajstić information content (AvgIpc) is 2.64. The Morgan fingerprint density at radius 1 is 1.30 bits per heavy atom. The molecule has 14 heteroatoms. The van der Waals surface area contributed by atoms with E-state index in [-0.39, 0.29) is 59.1 Å². The second kappa shape index (κ2) is 9.39. The van der Waals surface area contributed by atoms with E-state index in [1.165, 1.54) is 0 Å². The molecule has 0 radical (unpaired) electrons. The third-order valence-electron chi connectivity index (χ3n) is 2.86. The smallest absolute Gasteiger partial charge is 0.790 e. The van der Waals surface area contributed by atoms with Crippen LogP contribution in [-0.2, 0) is 13.8 Å². The SMILES string of the molecule is O=c1ccn([C@@H]2O[C@@H](COP(=O)([O-])[O-])[C@@H](O)[C@H]2O)c(=O)[nH]1.[Na+].[Na+]. The van der Waals surface area contributed by atoms with E-state index in [0.717, 1.165) is 16.8 Å². The topological polar surface area (TPSA) is 177 Å². The Labute approximate surface area is 173 Å². The van der Waals surface area contributed by atoms with E-state index in [1.54, 1.807) is 0 Å². The Morgan fingerprint density at radius 3 is 2.43 bits per heavy atom. The molecule has 23 heavy (non-hydrogen) atoms. The second-order valence-corrected chi connectivity index (χ2v) is 5.46. The number of hydrogen-bond acceptors (Lipinski definition) is 9. The molecule has 118 valence electrons. The quantitative estimate of drug-likeness (QED) is 0.344. The molecule has 1 fully saturated rings. The first-order chi connectivity index (χ1) is 9.69. The number of aromatic amines is 1. The molecule has 0 spiro atoms. The monoisotopic (exact) mass is 368 g/mol. The van der Waals surface area contributed by atoms with Gasteiger partial charge in [-0.05, 0) is 0 Å². The van der Waals surface area contributed by atoms with Crippen LogP contribution in [0.5, 0.6) is 0 Å². The number of phosphoric acid groups is 1. The van der Waals surface area contributed by atoms with E-state index in [2.05, 4.69) is 4.52 Å². The normalized spacial score (nSPS) is 27.1. The minimum absolute atomic E-state index is 0. The zero-order chi connectivity index (χ0) is 15.8. The van der Waals surface area contributed by atoms with Gasteiger partial charge in [0.2, 0.25) is 0 Å². The summed E-state index contributed by atoms with van der Waals surface area (Å²) in [5.74, 6) is 0. The van der Waals surface area contributed by atoms with Crippen molar-refractivity contribution in [1.82, 2.24) is 9.55 Å². The molecule has 2 heterocycles. The van der Waals surface area contributed by atoms with Gasteiger partial charge in [-0.25, -0.2) is 4.79 Å². The summed E-state index contributed by atoms with van der Waals surface area (Å²) in [5.41, 5.74) is -1.55. The van der Waals surface area contributed by atoms with Crippen molar-refractivity contribution in [2.45, 2.75) is 24.5 Å². The summed E-state index contributed by atoms with van der Waals surface area (Å²) in [6.07, 6.45) is -4.83. The first-order valence-electron chi connectivity index (χ1n) is 5.69. The average molecular weight is 368 g/mol. The maximum absolute atomic E-state index is 11.6. The molecular weight excluding hydrogens is 357 g/mol. The second-order valence-electron chi connectivity index (χ2n) is 4.31. The van der Waals surface area contributed by atoms with Crippen molar-refractivity contribution in [3.05, 3.63) is 33.1 Å². The first-order valence-corrected chi connectivity index (χ1v) is 7.15. The van der Waals surface area contributed by atoms with Gasteiger partial charge in [0.25, 0.3) is 5.56 Å². The number of nitrogens with zero attached hydrogens (tertiary/aromatic N) is 1. The Hall–Kier alpha value is 0.670. The molecule has 0 aliphatic carbocycles. The van der Waals surface area contributed by atoms with Crippen LogP contribution in [0.15, 0.2) is 21.9 Å². The fourth-order valence-electron chi connectivity index (χ4n) is 1.89. The van der Waals surface area contributed by atoms with Crippen LogP contribution in [0.1, 0.15) is 6.23 Å². The van der Waals surface area contributed by atoms with Crippen LogP contribution >= 0.6 is 7.82 Å². The van der Waals surface area contributed by atoms with Gasteiger partial charge in [-0.2, -0.15) is 0 Å². The standard InChI is InChI=1S/C9H13N2O9P.2Na/c12-5-1-2-11(9(15)10-5)8-7(14)6(13)4(20-8)3-19-21(16,17)18;;/h1-2,4,6-8,13-14H,3H2,(H,10,12,15)(H2,16,17,18);;/q;2*+1/p-2/t4-,6+,7+,8+;;/m0../s1. The molecule has 0 aromatic carbocycles. The molecule has 4 atom stereocenters. The first kappa shape index (κ1) is 23.7. The molecule has 1 aliphatic rings. The van der Waals surface area contributed by atoms with Crippen LogP contribution in [0.3, 0.4) is 0 Å². The summed E-state index contributed by atoms with van der Waals surface area (Å²) >= 11 is 0. The maximum Gasteiger partial charge on any atom is 1.00 e. The third kappa shape index (κ3) is 6.15. The maximum atomic E-state index is 11.6. The van der Waals surface area contributed by atoms with E-state index < -0.39 is 50.2 Å². The number of rotatable bonds is 4. The predicted octanol–water partition coefficient (Wildman–Crippen LogP) is -9.99. The Morgan fingerprint density at radius 2 is 1.91 bits per heavy atom. The summed E-state index contributed by atoms with van der Waals surface area (Å²) in [4.78, 5) is 45.2. The van der Waals surface area contributed by atoms with Crippen molar-refractivity contribution in [1.29, 1.82) is 0 Å². The van der Waals surface area contributed by atoms with Crippen LogP contribution in [-0.4, -0.2) is 44.7 Å². The van der Waals surface area contributed by atoms with Crippen LogP contribution in [0.25, 0.3) is 0 Å². The number of ether oxygens (including phenoxy) is 1. The van der Waals surface area contributed by atoms with Gasteiger partial charge in [0.1, 0.15) is 18.3 Å². The number of aliphatic hydroxyl groups is 2. The number of aliphatic hydroxyl groups excluding tert-OH is 2. The number of phosphoric ester groups is 1. The molecular formula is C9H11N2Na2O9P. The van der Waals surface area contributed by atoms with Gasteiger partial charge in [0, 0.05) is 12.3 Å². The Kier molecular flexibility index (Phi) is 9.66. The molecule has 0 amide bonds. The van der Waals surface area contributed by atoms with Crippen LogP contribution < -0.4 is 80.2 Å². The molecule has 1 aromatic rings. The fraction of sp³-hybridized carbons (Fsp3) is 0.556. The number of nitrogens with one attached hydrogen (secondary N) is 1. The molecule has 1 aromatic heterocycles. The molecule has 3 N–H and O–H groups in total. The summed E-state index contributed by atoms with van der Waals surface area (Å²) < 4.78 is 20.3. The molecule has 11 nitrogen and oxygen atoms in total. The molecule has 0 saturated carbocycles. The molecule has 1 saturated heterocycles. The summed E-state index contributed by atoms with van der Waals surface area (Å²) in [6, 6.07) is 0.997. The van der Waals surface area contributed by atoms with Gasteiger partial charge < -0.3 is 33.8 Å². The van der Waals surface area contributed by atoms with Gasteiger partial charge in [0.15, 0.2) is 6.23 Å². The van der Waals surface area contributed by atoms with Crippen molar-refractivity contribution >= 4 is 7.82 Å². The Bertz CT molecular complexity index is 673. The number of aromatic nitrogens is 2. The van der Waals surface area contributed by atoms with Crippen molar-refractivity contribution in [3.8, 4) is 0 Å². The zero-order valence-corrected chi connectivity index (χ0v) is 17.2. The van der Waals surface area contributed by atoms with Crippen molar-refractivity contribution in [2.24, 2.45) is 0 Å². The summed E-state index contributed by atoms with van der Waals surface area (Å²) in [5, 5.41) is 19.5. The summed E-state index contributed by atoms with van der Waals surface area (Å²) in [7, 11) is -5.26. The minimum Gasteiger partial charge on any atom is -0.790 e.